The predicted octanol–water partition coefficient (Wildman–Crippen LogP) is 0.122. The molecule has 1 unspecified atom stereocenters. The zero-order valence-electron chi connectivity index (χ0n) is 7.66. The topological polar surface area (TPSA) is 78.4 Å². The third-order valence-corrected chi connectivity index (χ3v) is 2.12. The summed E-state index contributed by atoms with van der Waals surface area (Å²) >= 11 is 1.57. The van der Waals surface area contributed by atoms with Crippen LogP contribution in [0.3, 0.4) is 0 Å². The van der Waals surface area contributed by atoms with Gasteiger partial charge in [0, 0.05) is 7.05 Å². The van der Waals surface area contributed by atoms with E-state index < -0.39 is 12.1 Å². The number of carbonyl (C=O) groups excluding carboxylic acids is 1. The van der Waals surface area contributed by atoms with E-state index in [0.29, 0.717) is 6.42 Å². The largest absolute Gasteiger partial charge is 0.465 e. The maximum Gasteiger partial charge on any atom is 0.405 e. The molecule has 0 aliphatic heterocycles. The average molecular weight is 206 g/mol. The molecule has 0 rings (SSSR count). The Hall–Kier alpha value is -0.910. The number of hydrogen-bond acceptors (Lipinski definition) is 3. The van der Waals surface area contributed by atoms with E-state index >= 15 is 0 Å². The Kier molecular flexibility index (Phi) is 6.13. The highest BCUT2D eigenvalue weighted by atomic mass is 32.2. The molecule has 0 heterocycles. The van der Waals surface area contributed by atoms with Gasteiger partial charge in [0.2, 0.25) is 5.91 Å². The molecule has 0 aromatic carbocycles. The van der Waals surface area contributed by atoms with Gasteiger partial charge in [-0.15, -0.1) is 0 Å². The van der Waals surface area contributed by atoms with Gasteiger partial charge in [0.25, 0.3) is 0 Å². The minimum Gasteiger partial charge on any atom is -0.465 e. The second-order valence-electron chi connectivity index (χ2n) is 2.40. The number of hydrogen-bond donors (Lipinski definition) is 3. The molecule has 0 spiro atoms. The van der Waals surface area contributed by atoms with E-state index in [1.165, 1.54) is 7.05 Å². The zero-order chi connectivity index (χ0) is 10.3. The standard InChI is InChI=1S/C7H14N2O3S/c1-8-6(10)5(3-4-13-2)9-7(11)12/h5,9H,3-4H2,1-2H3,(H,8,10)(H,11,12). The number of thioether (sulfide) groups is 1. The summed E-state index contributed by atoms with van der Waals surface area (Å²) in [5, 5.41) is 13.0. The molecule has 2 amide bonds. The third kappa shape index (κ3) is 5.35. The van der Waals surface area contributed by atoms with Crippen molar-refractivity contribution in [2.45, 2.75) is 12.5 Å². The number of carboxylic acid groups (broad SMARTS) is 1. The number of amides is 2. The summed E-state index contributed by atoms with van der Waals surface area (Å²) in [4.78, 5) is 21.4. The fourth-order valence-electron chi connectivity index (χ4n) is 0.828. The van der Waals surface area contributed by atoms with E-state index in [2.05, 4.69) is 10.6 Å². The molecule has 1 atom stereocenters. The predicted molar refractivity (Wildman–Crippen MR) is 52.0 cm³/mol. The van der Waals surface area contributed by atoms with Crippen LogP contribution in [0, 0.1) is 0 Å². The molecule has 0 fully saturated rings. The van der Waals surface area contributed by atoms with Gasteiger partial charge in [-0.05, 0) is 18.4 Å². The van der Waals surface area contributed by atoms with Gasteiger partial charge in [-0.25, -0.2) is 4.79 Å². The van der Waals surface area contributed by atoms with Crippen LogP contribution in [0.4, 0.5) is 4.79 Å². The molecular formula is C7H14N2O3S. The van der Waals surface area contributed by atoms with Crippen molar-refractivity contribution in [1.29, 1.82) is 0 Å². The molecule has 13 heavy (non-hydrogen) atoms. The summed E-state index contributed by atoms with van der Waals surface area (Å²) in [5.41, 5.74) is 0. The van der Waals surface area contributed by atoms with Crippen LogP contribution in [0.1, 0.15) is 6.42 Å². The lowest BCUT2D eigenvalue weighted by Crippen LogP contribution is -2.45. The molecule has 0 aromatic heterocycles. The molecule has 76 valence electrons. The number of carbonyl (C=O) groups is 2. The minimum atomic E-state index is -1.17. The van der Waals surface area contributed by atoms with E-state index in [0.717, 1.165) is 5.75 Å². The molecule has 3 N–H and O–H groups in total. The highest BCUT2D eigenvalue weighted by Gasteiger charge is 2.18. The molecule has 6 heteroatoms. The molecule has 0 aliphatic rings. The van der Waals surface area contributed by atoms with Crippen LogP contribution in [0.25, 0.3) is 0 Å². The summed E-state index contributed by atoms with van der Waals surface area (Å²) in [6.45, 7) is 0. The van der Waals surface area contributed by atoms with Crippen LogP contribution < -0.4 is 10.6 Å². The molecule has 0 saturated carbocycles. The van der Waals surface area contributed by atoms with Gasteiger partial charge < -0.3 is 15.7 Å². The van der Waals surface area contributed by atoms with E-state index in [4.69, 9.17) is 5.11 Å². The molecule has 5 nitrogen and oxygen atoms in total. The summed E-state index contributed by atoms with van der Waals surface area (Å²) in [7, 11) is 1.48. The Balaban J connectivity index is 4.02. The van der Waals surface area contributed by atoms with E-state index in [-0.39, 0.29) is 5.91 Å². The first kappa shape index (κ1) is 12.1. The normalized spacial score (nSPS) is 11.8. The van der Waals surface area contributed by atoms with Gasteiger partial charge in [0.15, 0.2) is 0 Å². The van der Waals surface area contributed by atoms with Gasteiger partial charge in [-0.3, -0.25) is 4.79 Å². The van der Waals surface area contributed by atoms with Crippen LogP contribution in [0.5, 0.6) is 0 Å². The first-order chi connectivity index (χ1) is 6.11. The van der Waals surface area contributed by atoms with E-state index in [9.17, 15) is 9.59 Å². The first-order valence-electron chi connectivity index (χ1n) is 3.81. The van der Waals surface area contributed by atoms with E-state index in [1.807, 2.05) is 6.26 Å². The second kappa shape index (κ2) is 6.59. The molecular weight excluding hydrogens is 192 g/mol. The monoisotopic (exact) mass is 206 g/mol. The molecule has 0 bridgehead atoms. The maximum absolute atomic E-state index is 11.1. The van der Waals surface area contributed by atoms with Crippen LogP contribution in [0.2, 0.25) is 0 Å². The summed E-state index contributed by atoms with van der Waals surface area (Å²) in [5.74, 6) is 0.453. The smallest absolute Gasteiger partial charge is 0.405 e. The van der Waals surface area contributed by atoms with Gasteiger partial charge in [0.1, 0.15) is 6.04 Å². The quantitative estimate of drug-likeness (QED) is 0.597. The van der Waals surface area contributed by atoms with Gasteiger partial charge in [0.05, 0.1) is 0 Å². The van der Waals surface area contributed by atoms with Gasteiger partial charge in [-0.2, -0.15) is 11.8 Å². The average Bonchev–Trinajstić information content (AvgIpc) is 2.10. The summed E-state index contributed by atoms with van der Waals surface area (Å²) < 4.78 is 0. The Morgan fingerprint density at radius 2 is 2.15 bits per heavy atom. The van der Waals surface area contributed by atoms with Gasteiger partial charge in [-0.1, -0.05) is 0 Å². The molecule has 0 saturated heterocycles. The lowest BCUT2D eigenvalue weighted by molar-refractivity contribution is -0.122. The Morgan fingerprint density at radius 1 is 1.54 bits per heavy atom. The Morgan fingerprint density at radius 3 is 2.54 bits per heavy atom. The van der Waals surface area contributed by atoms with Crippen molar-refractivity contribution >= 4 is 23.8 Å². The SMILES string of the molecule is CNC(=O)C(CCSC)NC(=O)O. The lowest BCUT2D eigenvalue weighted by atomic mass is 10.2. The number of rotatable bonds is 5. The van der Waals surface area contributed by atoms with Crippen molar-refractivity contribution in [3.8, 4) is 0 Å². The maximum atomic E-state index is 11.1. The highest BCUT2D eigenvalue weighted by molar-refractivity contribution is 7.98. The Labute approximate surface area is 81.3 Å². The van der Waals surface area contributed by atoms with E-state index in [1.54, 1.807) is 11.8 Å². The molecule has 0 radical (unpaired) electrons. The summed E-state index contributed by atoms with van der Waals surface area (Å²) in [6.07, 6.45) is 1.24. The van der Waals surface area contributed by atoms with Crippen LogP contribution in [-0.4, -0.2) is 42.2 Å². The number of likely N-dealkylation sites (N-methyl/N-ethyl adjacent to an activating group) is 1. The molecule has 0 aromatic rings. The van der Waals surface area contributed by atoms with Crippen molar-refractivity contribution in [3.05, 3.63) is 0 Å². The fraction of sp³-hybridized carbons (Fsp3) is 0.714. The minimum absolute atomic E-state index is 0.295. The van der Waals surface area contributed by atoms with Crippen molar-refractivity contribution in [3.63, 3.8) is 0 Å². The van der Waals surface area contributed by atoms with Crippen molar-refractivity contribution in [2.75, 3.05) is 19.1 Å². The van der Waals surface area contributed by atoms with Crippen LogP contribution in [-0.2, 0) is 4.79 Å². The first-order valence-corrected chi connectivity index (χ1v) is 5.21. The second-order valence-corrected chi connectivity index (χ2v) is 3.38. The fourth-order valence-corrected chi connectivity index (χ4v) is 1.30. The van der Waals surface area contributed by atoms with Crippen molar-refractivity contribution in [1.82, 2.24) is 10.6 Å². The zero-order valence-corrected chi connectivity index (χ0v) is 8.48. The van der Waals surface area contributed by atoms with Crippen molar-refractivity contribution < 1.29 is 14.7 Å². The summed E-state index contributed by atoms with van der Waals surface area (Å²) in [6, 6.07) is -0.644. The van der Waals surface area contributed by atoms with Crippen LogP contribution in [0.15, 0.2) is 0 Å². The Bertz CT molecular complexity index is 187. The van der Waals surface area contributed by atoms with Crippen LogP contribution >= 0.6 is 11.8 Å². The van der Waals surface area contributed by atoms with Gasteiger partial charge >= 0.3 is 6.09 Å². The highest BCUT2D eigenvalue weighted by Crippen LogP contribution is 2.00. The molecule has 0 aliphatic carbocycles. The lowest BCUT2D eigenvalue weighted by Gasteiger charge is -2.14. The third-order valence-electron chi connectivity index (χ3n) is 1.47. The van der Waals surface area contributed by atoms with Crippen molar-refractivity contribution in [2.24, 2.45) is 0 Å². The number of nitrogens with one attached hydrogen (secondary N) is 2.